The summed E-state index contributed by atoms with van der Waals surface area (Å²) in [5.41, 5.74) is 5.18. The third-order valence-electron chi connectivity index (χ3n) is 2.50. The van der Waals surface area contributed by atoms with Crippen LogP contribution in [0.15, 0.2) is 0 Å². The van der Waals surface area contributed by atoms with Crippen LogP contribution in [0, 0.1) is 5.92 Å². The molecule has 1 aliphatic carbocycles. The molecule has 1 amide bonds. The van der Waals surface area contributed by atoms with Gasteiger partial charge in [0.1, 0.15) is 0 Å². The monoisotopic (exact) mass is 214 g/mol. The molecular formula is C12H26N2O. The van der Waals surface area contributed by atoms with Crippen LogP contribution in [0.5, 0.6) is 0 Å². The average molecular weight is 214 g/mol. The maximum atomic E-state index is 10.8. The molecule has 0 unspecified atom stereocenters. The lowest BCUT2D eigenvalue weighted by Gasteiger charge is -2.21. The summed E-state index contributed by atoms with van der Waals surface area (Å²) in [6.07, 6.45) is 7.80. The molecule has 3 N–H and O–H groups in total. The van der Waals surface area contributed by atoms with Crippen molar-refractivity contribution >= 4 is 5.91 Å². The summed E-state index contributed by atoms with van der Waals surface area (Å²) in [5, 5.41) is 2.84. The highest BCUT2D eigenvalue weighted by molar-refractivity contribution is 5.77. The second-order valence-electron chi connectivity index (χ2n) is 4.22. The highest BCUT2D eigenvalue weighted by atomic mass is 16.1. The molecule has 1 rings (SSSR count). The number of amides is 1. The molecule has 3 nitrogen and oxygen atoms in total. The molecule has 0 aromatic heterocycles. The lowest BCUT2D eigenvalue weighted by Crippen LogP contribution is -2.34. The van der Waals surface area contributed by atoms with Crippen LogP contribution in [0.25, 0.3) is 0 Å². The standard InChI is InChI=1S/C9H18N2O.C3H8/c10-6-9(12)11-7-8-4-2-1-3-5-8;1-3-2/h8H,1-7,10H2,(H,11,12);3H2,1-2H3. The van der Waals surface area contributed by atoms with Crippen molar-refractivity contribution in [3.05, 3.63) is 0 Å². The molecule has 0 radical (unpaired) electrons. The Morgan fingerprint density at radius 3 is 2.27 bits per heavy atom. The van der Waals surface area contributed by atoms with Crippen LogP contribution in [0.2, 0.25) is 0 Å². The first-order valence-corrected chi connectivity index (χ1v) is 6.21. The SMILES string of the molecule is CCC.NCC(=O)NCC1CCCCC1. The first-order valence-electron chi connectivity index (χ1n) is 6.21. The first-order chi connectivity index (χ1) is 7.24. The number of nitrogens with two attached hydrogens (primary N) is 1. The summed E-state index contributed by atoms with van der Waals surface area (Å²) in [6.45, 7) is 5.20. The van der Waals surface area contributed by atoms with Crippen LogP contribution in [0.3, 0.4) is 0 Å². The van der Waals surface area contributed by atoms with E-state index in [0.717, 1.165) is 6.54 Å². The Hall–Kier alpha value is -0.570. The van der Waals surface area contributed by atoms with Crippen LogP contribution < -0.4 is 11.1 Å². The second-order valence-corrected chi connectivity index (χ2v) is 4.22. The Morgan fingerprint density at radius 1 is 1.27 bits per heavy atom. The van der Waals surface area contributed by atoms with Crippen molar-refractivity contribution in [3.63, 3.8) is 0 Å². The summed E-state index contributed by atoms with van der Waals surface area (Å²) in [5.74, 6) is 0.676. The Bertz CT molecular complexity index is 154. The fourth-order valence-corrected chi connectivity index (χ4v) is 1.72. The van der Waals surface area contributed by atoms with E-state index in [1.54, 1.807) is 0 Å². The quantitative estimate of drug-likeness (QED) is 0.755. The van der Waals surface area contributed by atoms with E-state index >= 15 is 0 Å². The smallest absolute Gasteiger partial charge is 0.233 e. The van der Waals surface area contributed by atoms with E-state index in [0.29, 0.717) is 5.92 Å². The van der Waals surface area contributed by atoms with Crippen LogP contribution in [0.1, 0.15) is 52.4 Å². The van der Waals surface area contributed by atoms with E-state index in [1.807, 2.05) is 0 Å². The summed E-state index contributed by atoms with van der Waals surface area (Å²) < 4.78 is 0. The van der Waals surface area contributed by atoms with Crippen LogP contribution >= 0.6 is 0 Å². The van der Waals surface area contributed by atoms with Crippen molar-refractivity contribution in [1.29, 1.82) is 0 Å². The summed E-state index contributed by atoms with van der Waals surface area (Å²) in [6, 6.07) is 0. The Labute approximate surface area is 93.8 Å². The Balaban J connectivity index is 0.000000583. The number of hydrogen-bond acceptors (Lipinski definition) is 2. The normalized spacial score (nSPS) is 16.5. The van der Waals surface area contributed by atoms with Crippen molar-refractivity contribution in [2.75, 3.05) is 13.1 Å². The lowest BCUT2D eigenvalue weighted by molar-refractivity contribution is -0.119. The van der Waals surface area contributed by atoms with Crippen molar-refractivity contribution < 1.29 is 4.79 Å². The molecule has 1 aliphatic rings. The van der Waals surface area contributed by atoms with Crippen molar-refractivity contribution in [1.82, 2.24) is 5.32 Å². The molecule has 0 aliphatic heterocycles. The van der Waals surface area contributed by atoms with Gasteiger partial charge in [0.2, 0.25) is 5.91 Å². The highest BCUT2D eigenvalue weighted by Gasteiger charge is 2.13. The molecule has 0 aromatic rings. The maximum absolute atomic E-state index is 10.8. The zero-order valence-electron chi connectivity index (χ0n) is 10.2. The number of nitrogens with one attached hydrogen (secondary N) is 1. The molecule has 90 valence electrons. The fourth-order valence-electron chi connectivity index (χ4n) is 1.72. The molecule has 0 heterocycles. The zero-order valence-corrected chi connectivity index (χ0v) is 10.2. The van der Waals surface area contributed by atoms with Gasteiger partial charge >= 0.3 is 0 Å². The van der Waals surface area contributed by atoms with Crippen LogP contribution in [0.4, 0.5) is 0 Å². The average Bonchev–Trinajstić information content (AvgIpc) is 2.28. The van der Waals surface area contributed by atoms with Gasteiger partial charge in [-0.05, 0) is 18.8 Å². The summed E-state index contributed by atoms with van der Waals surface area (Å²) >= 11 is 0. The molecule has 0 spiro atoms. The van der Waals surface area contributed by atoms with Gasteiger partial charge in [0.15, 0.2) is 0 Å². The molecule has 0 aromatic carbocycles. The number of hydrogen-bond donors (Lipinski definition) is 2. The lowest BCUT2D eigenvalue weighted by atomic mass is 9.89. The van der Waals surface area contributed by atoms with E-state index in [2.05, 4.69) is 19.2 Å². The number of rotatable bonds is 3. The van der Waals surface area contributed by atoms with E-state index in [1.165, 1.54) is 38.5 Å². The molecule has 3 heteroatoms. The highest BCUT2D eigenvalue weighted by Crippen LogP contribution is 2.22. The van der Waals surface area contributed by atoms with Gasteiger partial charge in [-0.2, -0.15) is 0 Å². The van der Waals surface area contributed by atoms with Gasteiger partial charge in [-0.3, -0.25) is 4.79 Å². The maximum Gasteiger partial charge on any atom is 0.233 e. The van der Waals surface area contributed by atoms with Crippen LogP contribution in [-0.2, 0) is 4.79 Å². The Kier molecular flexibility index (Phi) is 9.59. The van der Waals surface area contributed by atoms with Crippen molar-refractivity contribution in [2.45, 2.75) is 52.4 Å². The predicted molar refractivity (Wildman–Crippen MR) is 64.6 cm³/mol. The summed E-state index contributed by atoms with van der Waals surface area (Å²) in [4.78, 5) is 10.8. The largest absolute Gasteiger partial charge is 0.355 e. The van der Waals surface area contributed by atoms with Crippen LogP contribution in [-0.4, -0.2) is 19.0 Å². The van der Waals surface area contributed by atoms with E-state index in [9.17, 15) is 4.79 Å². The van der Waals surface area contributed by atoms with Crippen molar-refractivity contribution in [3.8, 4) is 0 Å². The minimum atomic E-state index is -0.0272. The van der Waals surface area contributed by atoms with Crippen molar-refractivity contribution in [2.24, 2.45) is 11.7 Å². The van der Waals surface area contributed by atoms with Gasteiger partial charge in [0, 0.05) is 6.54 Å². The molecule has 0 bridgehead atoms. The van der Waals surface area contributed by atoms with E-state index < -0.39 is 0 Å². The van der Waals surface area contributed by atoms with Gasteiger partial charge in [0.05, 0.1) is 6.54 Å². The molecular weight excluding hydrogens is 188 g/mol. The molecule has 0 saturated heterocycles. The second kappa shape index (κ2) is 9.97. The summed E-state index contributed by atoms with van der Waals surface area (Å²) in [7, 11) is 0. The van der Waals surface area contributed by atoms with E-state index in [4.69, 9.17) is 5.73 Å². The van der Waals surface area contributed by atoms with E-state index in [-0.39, 0.29) is 12.5 Å². The topological polar surface area (TPSA) is 55.1 Å². The predicted octanol–water partition coefficient (Wildman–Crippen LogP) is 2.06. The third-order valence-corrected chi connectivity index (χ3v) is 2.50. The minimum Gasteiger partial charge on any atom is -0.355 e. The molecule has 0 atom stereocenters. The van der Waals surface area contributed by atoms with Gasteiger partial charge in [-0.1, -0.05) is 39.5 Å². The van der Waals surface area contributed by atoms with Gasteiger partial charge in [-0.25, -0.2) is 0 Å². The fraction of sp³-hybridized carbons (Fsp3) is 0.917. The first kappa shape index (κ1) is 14.4. The molecule has 1 saturated carbocycles. The third kappa shape index (κ3) is 8.43. The molecule has 15 heavy (non-hydrogen) atoms. The number of carbonyl (C=O) groups is 1. The van der Waals surface area contributed by atoms with Gasteiger partial charge < -0.3 is 11.1 Å². The Morgan fingerprint density at radius 2 is 1.80 bits per heavy atom. The minimum absolute atomic E-state index is 0.0272. The number of carbonyl (C=O) groups excluding carboxylic acids is 1. The van der Waals surface area contributed by atoms with Gasteiger partial charge in [0.25, 0.3) is 0 Å². The molecule has 1 fully saturated rings. The van der Waals surface area contributed by atoms with Gasteiger partial charge in [-0.15, -0.1) is 0 Å². The zero-order chi connectivity index (χ0) is 11.5.